The molecule has 4 N–H and O–H groups in total. The Morgan fingerprint density at radius 1 is 0.833 bits per heavy atom. The minimum absolute atomic E-state index is 0.169. The van der Waals surface area contributed by atoms with Gasteiger partial charge in [0.25, 0.3) is 5.69 Å². The summed E-state index contributed by atoms with van der Waals surface area (Å²) in [6.45, 7) is 6.16. The first-order valence-electron chi connectivity index (χ1n) is 11.3. The maximum atomic E-state index is 10.8. The number of non-ortho nitro benzene ring substituents is 1. The van der Waals surface area contributed by atoms with E-state index in [9.17, 15) is 49.6 Å². The molecule has 0 aromatic heterocycles. The first-order chi connectivity index (χ1) is 19.0. The number of nitrogens with zero attached hydrogens (tertiary/aromatic N) is 3. The lowest BCUT2D eigenvalue weighted by atomic mass is 10.2. The molecule has 0 amide bonds. The van der Waals surface area contributed by atoms with Gasteiger partial charge in [0, 0.05) is 44.0 Å². The summed E-state index contributed by atoms with van der Waals surface area (Å²) in [4.78, 5) is 41.9. The summed E-state index contributed by atoms with van der Waals surface area (Å²) in [6, 6.07) is 6.93. The summed E-state index contributed by atoms with van der Waals surface area (Å²) in [6.07, 6.45) is -12.8. The molecule has 1 aromatic carbocycles. The van der Waals surface area contributed by atoms with E-state index >= 15 is 0 Å². The molecule has 1 aromatic rings. The molecule has 0 unspecified atom stereocenters. The van der Waals surface area contributed by atoms with E-state index in [4.69, 9.17) is 29.7 Å². The molecule has 0 radical (unpaired) electrons. The molecule has 1 saturated heterocycles. The molecule has 0 spiro atoms. The van der Waals surface area contributed by atoms with Crippen molar-refractivity contribution in [1.82, 2.24) is 10.2 Å². The molecule has 0 saturated carbocycles. The van der Waals surface area contributed by atoms with Crippen LogP contribution in [0.2, 0.25) is 0 Å². The van der Waals surface area contributed by atoms with Crippen LogP contribution in [0.1, 0.15) is 12.8 Å². The number of carbonyl (C=O) groups is 3. The van der Waals surface area contributed by atoms with Crippen LogP contribution in [0.4, 0.5) is 50.9 Å². The third-order valence-electron chi connectivity index (χ3n) is 4.66. The van der Waals surface area contributed by atoms with Gasteiger partial charge in [-0.1, -0.05) is 6.07 Å². The lowest BCUT2D eigenvalue weighted by Crippen LogP contribution is -2.46. The zero-order valence-electron chi connectivity index (χ0n) is 21.6. The standard InChI is InChI=1S/C15H24N4O2.3C2HF3O2/c1-16-7-2-3-8-17-9-11-18(12-10-17)14-5-4-6-15(13-14)19(20)21;3*3-2(4,5)1(6)7/h4-6,13,16H,2-3,7-12H2,1H3;3*(H,6,7). The van der Waals surface area contributed by atoms with Crippen LogP contribution in [0, 0.1) is 10.1 Å². The second-order valence-electron chi connectivity index (χ2n) is 7.83. The highest BCUT2D eigenvalue weighted by molar-refractivity contribution is 5.73. The SMILES string of the molecule is CNCCCCN1CCN(c2cccc([N+](=O)[O-])c2)CC1.O=C(O)C(F)(F)F.O=C(O)C(F)(F)F.O=C(O)C(F)(F)F. The van der Waals surface area contributed by atoms with Gasteiger partial charge in [0.1, 0.15) is 0 Å². The third-order valence-corrected chi connectivity index (χ3v) is 4.66. The number of halogens is 9. The van der Waals surface area contributed by atoms with Crippen LogP contribution in [0.25, 0.3) is 0 Å². The number of carboxylic acids is 3. The number of hydrogen-bond acceptors (Lipinski definition) is 8. The first kappa shape index (κ1) is 40.3. The number of hydrogen-bond donors (Lipinski definition) is 4. The van der Waals surface area contributed by atoms with Crippen LogP contribution in [0.3, 0.4) is 0 Å². The molecule has 42 heavy (non-hydrogen) atoms. The van der Waals surface area contributed by atoms with E-state index in [1.165, 1.54) is 12.8 Å². The number of nitro benzene ring substituents is 1. The Morgan fingerprint density at radius 3 is 1.57 bits per heavy atom. The monoisotopic (exact) mass is 634 g/mol. The molecule has 1 aliphatic rings. The Balaban J connectivity index is 0. The number of benzene rings is 1. The molecule has 0 aliphatic carbocycles. The highest BCUT2D eigenvalue weighted by Gasteiger charge is 2.39. The van der Waals surface area contributed by atoms with Gasteiger partial charge >= 0.3 is 36.4 Å². The van der Waals surface area contributed by atoms with Gasteiger partial charge in [-0.15, -0.1) is 0 Å². The maximum absolute atomic E-state index is 10.8. The van der Waals surface area contributed by atoms with Crippen LogP contribution in [-0.2, 0) is 14.4 Å². The van der Waals surface area contributed by atoms with Gasteiger partial charge in [-0.3, -0.25) is 15.0 Å². The Labute approximate surface area is 231 Å². The number of carboxylic acid groups (broad SMARTS) is 3. The van der Waals surface area contributed by atoms with Gasteiger partial charge < -0.3 is 25.5 Å². The number of rotatable bonds is 7. The first-order valence-corrected chi connectivity index (χ1v) is 11.3. The van der Waals surface area contributed by atoms with Crippen LogP contribution >= 0.6 is 0 Å². The van der Waals surface area contributed by atoms with Crippen molar-refractivity contribution in [1.29, 1.82) is 0 Å². The fraction of sp³-hybridized carbons (Fsp3) is 0.571. The number of alkyl halides is 9. The number of anilines is 1. The number of nitro groups is 1. The molecule has 12 nitrogen and oxygen atoms in total. The molecular formula is C21H27F9N4O8. The number of unbranched alkanes of at least 4 members (excludes halogenated alkanes) is 1. The van der Waals surface area contributed by atoms with Crippen molar-refractivity contribution >= 4 is 29.3 Å². The van der Waals surface area contributed by atoms with E-state index in [1.54, 1.807) is 18.2 Å². The fourth-order valence-electron chi connectivity index (χ4n) is 2.67. The molecule has 1 aliphatic heterocycles. The zero-order chi connectivity index (χ0) is 33.3. The summed E-state index contributed by atoms with van der Waals surface area (Å²) in [5.41, 5.74) is 1.13. The van der Waals surface area contributed by atoms with Gasteiger partial charge in [0.15, 0.2) is 0 Å². The number of nitrogens with one attached hydrogen (secondary N) is 1. The van der Waals surface area contributed by atoms with Crippen molar-refractivity contribution in [2.45, 2.75) is 31.4 Å². The number of piperazine rings is 1. The molecule has 1 heterocycles. The highest BCUT2D eigenvalue weighted by atomic mass is 19.4. The van der Waals surface area contributed by atoms with Crippen LogP contribution < -0.4 is 10.2 Å². The van der Waals surface area contributed by atoms with Crippen LogP contribution in [0.5, 0.6) is 0 Å². The molecule has 0 atom stereocenters. The Hall–Kier alpha value is -3.88. The molecule has 0 bridgehead atoms. The average molecular weight is 634 g/mol. The summed E-state index contributed by atoms with van der Waals surface area (Å²) < 4.78 is 95.2. The van der Waals surface area contributed by atoms with Gasteiger partial charge in [0.2, 0.25) is 0 Å². The van der Waals surface area contributed by atoms with E-state index in [-0.39, 0.29) is 10.6 Å². The topological polar surface area (TPSA) is 174 Å². The van der Waals surface area contributed by atoms with Crippen molar-refractivity contribution in [3.8, 4) is 0 Å². The van der Waals surface area contributed by atoms with Crippen molar-refractivity contribution in [3.63, 3.8) is 0 Å². The summed E-state index contributed by atoms with van der Waals surface area (Å²) in [5, 5.41) is 35.4. The predicted octanol–water partition coefficient (Wildman–Crippen LogP) is 3.62. The van der Waals surface area contributed by atoms with Crippen molar-refractivity contribution in [2.24, 2.45) is 0 Å². The normalized spacial score (nSPS) is 13.7. The van der Waals surface area contributed by atoms with E-state index < -0.39 is 36.4 Å². The van der Waals surface area contributed by atoms with E-state index in [1.807, 2.05) is 13.1 Å². The van der Waals surface area contributed by atoms with Crippen LogP contribution in [0.15, 0.2) is 24.3 Å². The molecule has 1 fully saturated rings. The Bertz CT molecular complexity index is 940. The molecule has 21 heteroatoms. The Morgan fingerprint density at radius 2 is 1.24 bits per heavy atom. The lowest BCUT2D eigenvalue weighted by Gasteiger charge is -2.36. The quantitative estimate of drug-likeness (QED) is 0.149. The highest BCUT2D eigenvalue weighted by Crippen LogP contribution is 2.22. The average Bonchev–Trinajstić information content (AvgIpc) is 2.86. The van der Waals surface area contributed by atoms with Crippen molar-refractivity contribution in [3.05, 3.63) is 34.4 Å². The van der Waals surface area contributed by atoms with Gasteiger partial charge in [-0.05, 0) is 39.0 Å². The van der Waals surface area contributed by atoms with E-state index in [0.29, 0.717) is 0 Å². The fourth-order valence-corrected chi connectivity index (χ4v) is 2.67. The number of aliphatic carboxylic acids is 3. The van der Waals surface area contributed by atoms with E-state index in [0.717, 1.165) is 45.0 Å². The molecule has 2 rings (SSSR count). The summed E-state index contributed by atoms with van der Waals surface area (Å²) in [7, 11) is 1.98. The van der Waals surface area contributed by atoms with Crippen molar-refractivity contribution in [2.75, 3.05) is 51.2 Å². The van der Waals surface area contributed by atoms with E-state index in [2.05, 4.69) is 15.1 Å². The molecular weight excluding hydrogens is 607 g/mol. The summed E-state index contributed by atoms with van der Waals surface area (Å²) >= 11 is 0. The second-order valence-corrected chi connectivity index (χ2v) is 7.83. The van der Waals surface area contributed by atoms with Crippen molar-refractivity contribution < 1.29 is 74.1 Å². The minimum Gasteiger partial charge on any atom is -0.475 e. The summed E-state index contributed by atoms with van der Waals surface area (Å²) in [5.74, 6) is -8.27. The minimum atomic E-state index is -5.08. The van der Waals surface area contributed by atoms with Gasteiger partial charge in [-0.25, -0.2) is 14.4 Å². The largest absolute Gasteiger partial charge is 0.490 e. The molecule has 242 valence electrons. The smallest absolute Gasteiger partial charge is 0.475 e. The zero-order valence-corrected chi connectivity index (χ0v) is 21.6. The van der Waals surface area contributed by atoms with Crippen LogP contribution in [-0.4, -0.2) is 108 Å². The lowest BCUT2D eigenvalue weighted by molar-refractivity contribution is -0.384. The van der Waals surface area contributed by atoms with Gasteiger partial charge in [0.05, 0.1) is 4.92 Å². The maximum Gasteiger partial charge on any atom is 0.490 e. The third kappa shape index (κ3) is 19.2. The van der Waals surface area contributed by atoms with Gasteiger partial charge in [-0.2, -0.15) is 39.5 Å². The Kier molecular flexibility index (Phi) is 17.8. The second kappa shape index (κ2) is 18.5. The predicted molar refractivity (Wildman–Crippen MR) is 126 cm³/mol.